The Morgan fingerprint density at radius 2 is 1.66 bits per heavy atom. The molecule has 0 atom stereocenters. The zero-order valence-electron chi connectivity index (χ0n) is 15.6. The summed E-state index contributed by atoms with van der Waals surface area (Å²) in [6.07, 6.45) is 2.36. The lowest BCUT2D eigenvalue weighted by Gasteiger charge is -2.04. The van der Waals surface area contributed by atoms with Gasteiger partial charge in [0.15, 0.2) is 10.9 Å². The molecule has 2 aromatic carbocycles. The number of hydrogen-bond donors (Lipinski definition) is 2. The molecule has 0 spiro atoms. The minimum absolute atomic E-state index is 0.128. The molecule has 0 aliphatic rings. The Morgan fingerprint density at radius 3 is 2.38 bits per heavy atom. The number of hydrogen-bond acceptors (Lipinski definition) is 6. The Morgan fingerprint density at radius 1 is 0.897 bits per heavy atom. The Kier molecular flexibility index (Phi) is 5.87. The highest BCUT2D eigenvalue weighted by atomic mass is 32.1. The van der Waals surface area contributed by atoms with Gasteiger partial charge in [0.25, 0.3) is 5.91 Å². The number of thiazole rings is 1. The van der Waals surface area contributed by atoms with Crippen molar-refractivity contribution in [3.05, 3.63) is 89.4 Å². The van der Waals surface area contributed by atoms with Crippen LogP contribution in [0, 0.1) is 0 Å². The maximum Gasteiger partial charge on any atom is 0.263 e. The minimum atomic E-state index is -0.128. The molecule has 0 aliphatic carbocycles. The van der Waals surface area contributed by atoms with Crippen molar-refractivity contribution in [2.24, 2.45) is 0 Å². The normalized spacial score (nSPS) is 10.5. The summed E-state index contributed by atoms with van der Waals surface area (Å²) >= 11 is 1.28. The second-order valence-corrected chi connectivity index (χ2v) is 7.35. The minimum Gasteiger partial charge on any atom is -0.351 e. The van der Waals surface area contributed by atoms with Gasteiger partial charge in [0.05, 0.1) is 11.9 Å². The number of carbonyl (C=O) groups excluding carboxylic acids is 1. The average molecular weight is 401 g/mol. The highest BCUT2D eigenvalue weighted by Gasteiger charge is 2.11. The lowest BCUT2D eigenvalue weighted by atomic mass is 10.1. The molecular formula is C22H19N5OS. The summed E-state index contributed by atoms with van der Waals surface area (Å²) < 4.78 is 0. The summed E-state index contributed by atoms with van der Waals surface area (Å²) in [4.78, 5) is 17.1. The van der Waals surface area contributed by atoms with Crippen LogP contribution in [0.5, 0.6) is 0 Å². The first-order valence-corrected chi connectivity index (χ1v) is 10.0. The van der Waals surface area contributed by atoms with Crippen molar-refractivity contribution in [1.82, 2.24) is 20.5 Å². The summed E-state index contributed by atoms with van der Waals surface area (Å²) in [6, 6.07) is 23.7. The van der Waals surface area contributed by atoms with E-state index in [-0.39, 0.29) is 5.91 Å². The predicted molar refractivity (Wildman–Crippen MR) is 115 cm³/mol. The van der Waals surface area contributed by atoms with Gasteiger partial charge in [-0.15, -0.1) is 10.2 Å². The number of anilines is 2. The summed E-state index contributed by atoms with van der Waals surface area (Å²) in [5, 5.41) is 15.1. The number of aromatic nitrogens is 3. The molecule has 0 radical (unpaired) electrons. The fourth-order valence-corrected chi connectivity index (χ4v) is 3.50. The van der Waals surface area contributed by atoms with Crippen LogP contribution < -0.4 is 10.6 Å². The molecule has 2 N–H and O–H groups in total. The van der Waals surface area contributed by atoms with Gasteiger partial charge in [0.1, 0.15) is 4.88 Å². The van der Waals surface area contributed by atoms with Crippen LogP contribution in [0.15, 0.2) is 79.0 Å². The Labute approximate surface area is 172 Å². The van der Waals surface area contributed by atoms with Crippen LogP contribution >= 0.6 is 11.3 Å². The molecule has 0 fully saturated rings. The molecule has 0 bridgehead atoms. The molecule has 144 valence electrons. The molecule has 1 amide bonds. The maximum absolute atomic E-state index is 12.3. The van der Waals surface area contributed by atoms with Crippen LogP contribution in [-0.2, 0) is 6.42 Å². The van der Waals surface area contributed by atoms with Gasteiger partial charge >= 0.3 is 0 Å². The molecule has 7 heteroatoms. The van der Waals surface area contributed by atoms with E-state index in [1.54, 1.807) is 6.20 Å². The smallest absolute Gasteiger partial charge is 0.263 e. The summed E-state index contributed by atoms with van der Waals surface area (Å²) in [6.45, 7) is 0.579. The highest BCUT2D eigenvalue weighted by Crippen LogP contribution is 2.22. The zero-order chi connectivity index (χ0) is 19.9. The van der Waals surface area contributed by atoms with Crippen LogP contribution in [0.2, 0.25) is 0 Å². The van der Waals surface area contributed by atoms with Crippen molar-refractivity contribution in [3.8, 4) is 11.3 Å². The Bertz CT molecular complexity index is 1070. The van der Waals surface area contributed by atoms with Gasteiger partial charge in [-0.3, -0.25) is 4.79 Å². The first-order chi connectivity index (χ1) is 14.3. The lowest BCUT2D eigenvalue weighted by Crippen LogP contribution is -2.24. The van der Waals surface area contributed by atoms with E-state index >= 15 is 0 Å². The number of benzene rings is 2. The molecule has 2 aromatic heterocycles. The predicted octanol–water partition coefficient (Wildman–Crippen LogP) is 4.32. The van der Waals surface area contributed by atoms with Crippen LogP contribution in [-0.4, -0.2) is 27.6 Å². The summed E-state index contributed by atoms with van der Waals surface area (Å²) in [7, 11) is 0. The molecule has 2 heterocycles. The SMILES string of the molecule is O=C(NCCc1ccccc1)c1cnc(Nc2ccc(-c3ccccc3)nn2)s1. The van der Waals surface area contributed by atoms with Crippen molar-refractivity contribution >= 4 is 28.2 Å². The molecule has 6 nitrogen and oxygen atoms in total. The molecule has 4 aromatic rings. The van der Waals surface area contributed by atoms with E-state index in [1.807, 2.05) is 72.8 Å². The van der Waals surface area contributed by atoms with Crippen molar-refractivity contribution in [2.45, 2.75) is 6.42 Å². The third-order valence-electron chi connectivity index (χ3n) is 4.24. The van der Waals surface area contributed by atoms with Gasteiger partial charge in [-0.25, -0.2) is 4.98 Å². The van der Waals surface area contributed by atoms with E-state index in [9.17, 15) is 4.79 Å². The first-order valence-electron chi connectivity index (χ1n) is 9.22. The quantitative estimate of drug-likeness (QED) is 0.482. The summed E-state index contributed by atoms with van der Waals surface area (Å²) in [5.74, 6) is 0.451. The monoisotopic (exact) mass is 401 g/mol. The molecule has 0 unspecified atom stereocenters. The van der Waals surface area contributed by atoms with E-state index in [4.69, 9.17) is 0 Å². The highest BCUT2D eigenvalue weighted by molar-refractivity contribution is 7.17. The van der Waals surface area contributed by atoms with Gasteiger partial charge < -0.3 is 10.6 Å². The van der Waals surface area contributed by atoms with Crippen molar-refractivity contribution < 1.29 is 4.79 Å². The second kappa shape index (κ2) is 9.07. The molecule has 0 aliphatic heterocycles. The molecular weight excluding hydrogens is 382 g/mol. The van der Waals surface area contributed by atoms with E-state index < -0.39 is 0 Å². The number of nitrogens with one attached hydrogen (secondary N) is 2. The zero-order valence-corrected chi connectivity index (χ0v) is 16.4. The van der Waals surface area contributed by atoms with Crippen LogP contribution in [0.3, 0.4) is 0 Å². The van der Waals surface area contributed by atoms with Crippen molar-refractivity contribution in [3.63, 3.8) is 0 Å². The largest absolute Gasteiger partial charge is 0.351 e. The number of carbonyl (C=O) groups is 1. The van der Waals surface area contributed by atoms with Gasteiger partial charge in [0.2, 0.25) is 0 Å². The molecule has 0 saturated heterocycles. The third kappa shape index (κ3) is 5.03. The Hall–Kier alpha value is -3.58. The second-order valence-electron chi connectivity index (χ2n) is 6.32. The first kappa shape index (κ1) is 18.8. The van der Waals surface area contributed by atoms with Crippen LogP contribution in [0.25, 0.3) is 11.3 Å². The standard InChI is InChI=1S/C22H19N5OS/c28-21(23-14-13-16-7-3-1-4-8-16)19-15-24-22(29-19)25-20-12-11-18(26-27-20)17-9-5-2-6-10-17/h1-12,15H,13-14H2,(H,23,28)(H,24,25,27). The van der Waals surface area contributed by atoms with E-state index in [2.05, 4.69) is 25.8 Å². The average Bonchev–Trinajstić information content (AvgIpc) is 3.24. The lowest BCUT2D eigenvalue weighted by molar-refractivity contribution is 0.0958. The molecule has 29 heavy (non-hydrogen) atoms. The van der Waals surface area contributed by atoms with Crippen LogP contribution in [0.1, 0.15) is 15.2 Å². The fourth-order valence-electron chi connectivity index (χ4n) is 2.76. The fraction of sp³-hybridized carbons (Fsp3) is 0.0909. The maximum atomic E-state index is 12.3. The van der Waals surface area contributed by atoms with Gasteiger partial charge in [0, 0.05) is 12.1 Å². The number of amides is 1. The van der Waals surface area contributed by atoms with Gasteiger partial charge in [-0.05, 0) is 24.1 Å². The van der Waals surface area contributed by atoms with E-state index in [1.165, 1.54) is 16.9 Å². The summed E-state index contributed by atoms with van der Waals surface area (Å²) in [5.41, 5.74) is 3.00. The van der Waals surface area contributed by atoms with Crippen molar-refractivity contribution in [1.29, 1.82) is 0 Å². The van der Waals surface area contributed by atoms with Gasteiger partial charge in [-0.2, -0.15) is 0 Å². The third-order valence-corrected chi connectivity index (χ3v) is 5.15. The molecule has 0 saturated carbocycles. The number of rotatable bonds is 7. The van der Waals surface area contributed by atoms with E-state index in [0.29, 0.717) is 22.4 Å². The van der Waals surface area contributed by atoms with Crippen LogP contribution in [0.4, 0.5) is 10.9 Å². The van der Waals surface area contributed by atoms with E-state index in [0.717, 1.165) is 17.7 Å². The number of nitrogens with zero attached hydrogens (tertiary/aromatic N) is 3. The van der Waals surface area contributed by atoms with Gasteiger partial charge in [-0.1, -0.05) is 72.0 Å². The topological polar surface area (TPSA) is 79.8 Å². The Balaban J connectivity index is 1.32. The molecule has 4 rings (SSSR count). The van der Waals surface area contributed by atoms with Crippen molar-refractivity contribution in [2.75, 3.05) is 11.9 Å².